The maximum atomic E-state index is 13.8. The number of hydrogen-bond donors (Lipinski definition) is 1. The minimum Gasteiger partial charge on any atom is -0.211 e. The Balaban J connectivity index is 1.79. The van der Waals surface area contributed by atoms with E-state index in [-0.39, 0.29) is 12.5 Å². The number of halogens is 2. The highest BCUT2D eigenvalue weighted by Gasteiger charge is 2.24. The smallest absolute Gasteiger partial charge is 0.211 e. The highest BCUT2D eigenvalue weighted by molar-refractivity contribution is 7.89. The van der Waals surface area contributed by atoms with Crippen molar-refractivity contribution in [3.8, 4) is 0 Å². The third-order valence-electron chi connectivity index (χ3n) is 4.32. The summed E-state index contributed by atoms with van der Waals surface area (Å²) in [6.07, 6.45) is 0.448. The molecule has 0 bridgehead atoms. The molecular formula is C21H19F2NO2S. The van der Waals surface area contributed by atoms with Gasteiger partial charge in [0.2, 0.25) is 10.0 Å². The summed E-state index contributed by atoms with van der Waals surface area (Å²) in [5, 5.41) is 0. The van der Waals surface area contributed by atoms with Crippen LogP contribution in [-0.4, -0.2) is 15.0 Å². The molecule has 0 aliphatic heterocycles. The highest BCUT2D eigenvalue weighted by Crippen LogP contribution is 2.27. The molecule has 6 heteroatoms. The van der Waals surface area contributed by atoms with Gasteiger partial charge in [0.25, 0.3) is 0 Å². The molecule has 0 heterocycles. The summed E-state index contributed by atoms with van der Waals surface area (Å²) in [4.78, 5) is -0.944. The molecule has 0 amide bonds. The summed E-state index contributed by atoms with van der Waals surface area (Å²) in [5.74, 6) is -2.25. The molecular weight excluding hydrogens is 368 g/mol. The summed E-state index contributed by atoms with van der Waals surface area (Å²) >= 11 is 0. The van der Waals surface area contributed by atoms with Gasteiger partial charge in [-0.25, -0.2) is 21.9 Å². The molecule has 0 fully saturated rings. The third-order valence-corrected chi connectivity index (χ3v) is 5.83. The molecule has 0 aliphatic carbocycles. The molecule has 27 heavy (non-hydrogen) atoms. The lowest BCUT2D eigenvalue weighted by atomic mass is 9.89. The fraction of sp³-hybridized carbons (Fsp3) is 0.143. The van der Waals surface area contributed by atoms with E-state index in [9.17, 15) is 17.2 Å². The molecule has 0 aromatic heterocycles. The van der Waals surface area contributed by atoms with Gasteiger partial charge in [0.05, 0.1) is 0 Å². The molecule has 3 aromatic carbocycles. The first-order valence-corrected chi connectivity index (χ1v) is 10.0. The molecule has 140 valence electrons. The van der Waals surface area contributed by atoms with Crippen LogP contribution >= 0.6 is 0 Å². The standard InChI is InChI=1S/C21H19F2NO2S/c22-19-12-7-13-20(23)21(19)27(25,26)24-15-14-18(16-8-3-1-4-9-16)17-10-5-2-6-11-17/h1-13,18,24H,14-15H2. The molecule has 3 aromatic rings. The van der Waals surface area contributed by atoms with Crippen LogP contribution in [0.1, 0.15) is 23.5 Å². The summed E-state index contributed by atoms with van der Waals surface area (Å²) < 4.78 is 54.6. The minimum absolute atomic E-state index is 0.0411. The van der Waals surface area contributed by atoms with Gasteiger partial charge in [0.15, 0.2) is 4.90 Å². The van der Waals surface area contributed by atoms with Crippen LogP contribution in [0.5, 0.6) is 0 Å². The molecule has 1 N–H and O–H groups in total. The van der Waals surface area contributed by atoms with Crippen LogP contribution in [0.15, 0.2) is 83.8 Å². The van der Waals surface area contributed by atoms with E-state index in [2.05, 4.69) is 4.72 Å². The van der Waals surface area contributed by atoms with Gasteiger partial charge in [0, 0.05) is 12.5 Å². The van der Waals surface area contributed by atoms with Gasteiger partial charge in [-0.2, -0.15) is 0 Å². The molecule has 0 spiro atoms. The quantitative estimate of drug-likeness (QED) is 0.650. The Morgan fingerprint density at radius 3 is 1.70 bits per heavy atom. The lowest BCUT2D eigenvalue weighted by molar-refractivity contribution is 0.512. The van der Waals surface area contributed by atoms with Crippen molar-refractivity contribution >= 4 is 10.0 Å². The maximum Gasteiger partial charge on any atom is 0.246 e. The lowest BCUT2D eigenvalue weighted by Crippen LogP contribution is -2.27. The molecule has 3 nitrogen and oxygen atoms in total. The van der Waals surface area contributed by atoms with Crippen molar-refractivity contribution in [2.24, 2.45) is 0 Å². The Hall–Kier alpha value is -2.57. The van der Waals surface area contributed by atoms with Crippen LogP contribution < -0.4 is 4.72 Å². The fourth-order valence-corrected chi connectivity index (χ4v) is 4.23. The minimum atomic E-state index is -4.28. The van der Waals surface area contributed by atoms with Crippen molar-refractivity contribution in [3.63, 3.8) is 0 Å². The van der Waals surface area contributed by atoms with Crippen LogP contribution in [0.4, 0.5) is 8.78 Å². The summed E-state index contributed by atoms with van der Waals surface area (Å²) in [7, 11) is -4.28. The average molecular weight is 387 g/mol. The maximum absolute atomic E-state index is 13.8. The van der Waals surface area contributed by atoms with E-state index in [1.54, 1.807) is 0 Å². The van der Waals surface area contributed by atoms with E-state index in [0.717, 1.165) is 29.3 Å². The molecule has 0 aliphatic rings. The van der Waals surface area contributed by atoms with Gasteiger partial charge in [-0.15, -0.1) is 0 Å². The number of sulfonamides is 1. The summed E-state index contributed by atoms with van der Waals surface area (Å²) in [6, 6.07) is 22.4. The number of hydrogen-bond acceptors (Lipinski definition) is 2. The second-order valence-corrected chi connectivity index (χ2v) is 7.81. The molecule has 0 radical (unpaired) electrons. The van der Waals surface area contributed by atoms with Crippen LogP contribution in [0.3, 0.4) is 0 Å². The summed E-state index contributed by atoms with van der Waals surface area (Å²) in [6.45, 7) is 0.0462. The Labute approximate surface area is 157 Å². The fourth-order valence-electron chi connectivity index (χ4n) is 3.05. The SMILES string of the molecule is O=S(=O)(NCCC(c1ccccc1)c1ccccc1)c1c(F)cccc1F. The molecule has 0 saturated heterocycles. The molecule has 0 saturated carbocycles. The first-order chi connectivity index (χ1) is 13.0. The van der Waals surface area contributed by atoms with Crippen molar-refractivity contribution in [2.45, 2.75) is 17.2 Å². The van der Waals surface area contributed by atoms with Gasteiger partial charge < -0.3 is 0 Å². The van der Waals surface area contributed by atoms with E-state index in [0.29, 0.717) is 6.42 Å². The molecule has 0 unspecified atom stereocenters. The Bertz CT molecular complexity index is 933. The largest absolute Gasteiger partial charge is 0.246 e. The van der Waals surface area contributed by atoms with Crippen LogP contribution in [-0.2, 0) is 10.0 Å². The zero-order valence-electron chi connectivity index (χ0n) is 14.5. The van der Waals surface area contributed by atoms with Gasteiger partial charge in [-0.05, 0) is 29.7 Å². The Morgan fingerprint density at radius 2 is 1.22 bits per heavy atom. The van der Waals surface area contributed by atoms with Crippen LogP contribution in [0.25, 0.3) is 0 Å². The summed E-state index contributed by atoms with van der Waals surface area (Å²) in [5.41, 5.74) is 2.08. The van der Waals surface area contributed by atoms with Gasteiger partial charge in [-0.1, -0.05) is 66.7 Å². The average Bonchev–Trinajstić information content (AvgIpc) is 2.66. The van der Waals surface area contributed by atoms with Crippen LogP contribution in [0, 0.1) is 11.6 Å². The zero-order valence-corrected chi connectivity index (χ0v) is 15.3. The molecule has 3 rings (SSSR count). The first kappa shape index (κ1) is 19.2. The van der Waals surface area contributed by atoms with Crippen LogP contribution in [0.2, 0.25) is 0 Å². The Morgan fingerprint density at radius 1 is 0.741 bits per heavy atom. The Kier molecular flexibility index (Phi) is 5.98. The van der Waals surface area contributed by atoms with Gasteiger partial charge in [0.1, 0.15) is 11.6 Å². The second-order valence-electron chi connectivity index (χ2n) is 6.11. The van der Waals surface area contributed by atoms with E-state index in [1.807, 2.05) is 60.7 Å². The van der Waals surface area contributed by atoms with E-state index in [4.69, 9.17) is 0 Å². The monoisotopic (exact) mass is 387 g/mol. The predicted octanol–water partition coefficient (Wildman–Crippen LogP) is 4.47. The predicted molar refractivity (Wildman–Crippen MR) is 101 cm³/mol. The van der Waals surface area contributed by atoms with Crippen molar-refractivity contribution in [3.05, 3.63) is 102 Å². The van der Waals surface area contributed by atoms with E-state index in [1.165, 1.54) is 0 Å². The first-order valence-electron chi connectivity index (χ1n) is 8.52. The third kappa shape index (κ3) is 4.59. The topological polar surface area (TPSA) is 46.2 Å². The van der Waals surface area contributed by atoms with Crippen molar-refractivity contribution in [2.75, 3.05) is 6.54 Å². The van der Waals surface area contributed by atoms with Crippen molar-refractivity contribution in [1.82, 2.24) is 4.72 Å². The molecule has 0 atom stereocenters. The number of benzene rings is 3. The van der Waals surface area contributed by atoms with Crippen molar-refractivity contribution in [1.29, 1.82) is 0 Å². The number of nitrogens with one attached hydrogen (secondary N) is 1. The zero-order chi connectivity index (χ0) is 19.3. The van der Waals surface area contributed by atoms with Gasteiger partial charge in [-0.3, -0.25) is 0 Å². The van der Waals surface area contributed by atoms with E-state index >= 15 is 0 Å². The van der Waals surface area contributed by atoms with E-state index < -0.39 is 26.6 Å². The highest BCUT2D eigenvalue weighted by atomic mass is 32.2. The number of rotatable bonds is 7. The normalized spacial score (nSPS) is 11.7. The second kappa shape index (κ2) is 8.41. The van der Waals surface area contributed by atoms with Crippen molar-refractivity contribution < 1.29 is 17.2 Å². The lowest BCUT2D eigenvalue weighted by Gasteiger charge is -2.18. The van der Waals surface area contributed by atoms with Gasteiger partial charge >= 0.3 is 0 Å².